The molecule has 0 spiro atoms. The van der Waals surface area contributed by atoms with Gasteiger partial charge in [0.2, 0.25) is 0 Å². The van der Waals surface area contributed by atoms with E-state index in [2.05, 4.69) is 15.9 Å². The van der Waals surface area contributed by atoms with E-state index in [9.17, 15) is 4.39 Å². The van der Waals surface area contributed by atoms with E-state index in [0.717, 1.165) is 10.2 Å². The van der Waals surface area contributed by atoms with Crippen molar-refractivity contribution in [3.05, 3.63) is 58.3 Å². The second-order valence-electron chi connectivity index (χ2n) is 3.68. The molecule has 0 atom stereocenters. The summed E-state index contributed by atoms with van der Waals surface area (Å²) in [5.41, 5.74) is 0.528. The van der Waals surface area contributed by atoms with Crippen LogP contribution in [-0.4, -0.2) is 7.11 Å². The first-order chi connectivity index (χ1) is 8.70. The molecule has 0 amide bonds. The minimum atomic E-state index is -0.262. The Kier molecular flexibility index (Phi) is 4.20. The highest BCUT2D eigenvalue weighted by molar-refractivity contribution is 9.10. The van der Waals surface area contributed by atoms with Crippen LogP contribution in [0.5, 0.6) is 11.5 Å². The summed E-state index contributed by atoms with van der Waals surface area (Å²) in [5, 5.41) is 0. The molecule has 4 heteroatoms. The molecule has 18 heavy (non-hydrogen) atoms. The maximum atomic E-state index is 13.4. The molecule has 0 bridgehead atoms. The van der Waals surface area contributed by atoms with Gasteiger partial charge < -0.3 is 9.47 Å². The SMILES string of the molecule is COc1ccc(OCc2ccccc2F)c(Br)c1. The Morgan fingerprint density at radius 3 is 2.61 bits per heavy atom. The number of ether oxygens (including phenoxy) is 2. The molecule has 0 fully saturated rings. The highest BCUT2D eigenvalue weighted by Gasteiger charge is 2.05. The highest BCUT2D eigenvalue weighted by Crippen LogP contribution is 2.29. The molecule has 0 aliphatic rings. The molecule has 0 aromatic heterocycles. The van der Waals surface area contributed by atoms with E-state index in [0.29, 0.717) is 11.3 Å². The summed E-state index contributed by atoms with van der Waals surface area (Å²) in [6, 6.07) is 11.9. The lowest BCUT2D eigenvalue weighted by molar-refractivity contribution is 0.297. The second-order valence-corrected chi connectivity index (χ2v) is 4.53. The Morgan fingerprint density at radius 2 is 1.94 bits per heavy atom. The monoisotopic (exact) mass is 310 g/mol. The molecule has 0 aliphatic heterocycles. The van der Waals surface area contributed by atoms with Gasteiger partial charge in [0.05, 0.1) is 11.6 Å². The lowest BCUT2D eigenvalue weighted by Crippen LogP contribution is -1.98. The smallest absolute Gasteiger partial charge is 0.134 e. The van der Waals surface area contributed by atoms with E-state index < -0.39 is 0 Å². The van der Waals surface area contributed by atoms with Crippen LogP contribution in [0.3, 0.4) is 0 Å². The van der Waals surface area contributed by atoms with Crippen LogP contribution in [0.1, 0.15) is 5.56 Å². The van der Waals surface area contributed by atoms with Gasteiger partial charge in [-0.3, -0.25) is 0 Å². The topological polar surface area (TPSA) is 18.5 Å². The van der Waals surface area contributed by atoms with E-state index in [1.807, 2.05) is 0 Å². The van der Waals surface area contributed by atoms with Crippen LogP contribution < -0.4 is 9.47 Å². The molecule has 2 aromatic rings. The zero-order valence-electron chi connectivity index (χ0n) is 9.82. The van der Waals surface area contributed by atoms with Crippen molar-refractivity contribution in [1.29, 1.82) is 0 Å². The van der Waals surface area contributed by atoms with Crippen molar-refractivity contribution in [2.24, 2.45) is 0 Å². The zero-order valence-corrected chi connectivity index (χ0v) is 11.4. The van der Waals surface area contributed by atoms with Gasteiger partial charge in [-0.1, -0.05) is 18.2 Å². The zero-order chi connectivity index (χ0) is 13.0. The van der Waals surface area contributed by atoms with Crippen molar-refractivity contribution in [2.75, 3.05) is 7.11 Å². The highest BCUT2D eigenvalue weighted by atomic mass is 79.9. The van der Waals surface area contributed by atoms with Crippen LogP contribution in [0.15, 0.2) is 46.9 Å². The summed E-state index contributed by atoms with van der Waals surface area (Å²) in [6.45, 7) is 0.192. The van der Waals surface area contributed by atoms with Crippen LogP contribution in [0.4, 0.5) is 4.39 Å². The predicted molar refractivity (Wildman–Crippen MR) is 71.4 cm³/mol. The molecule has 0 radical (unpaired) electrons. The van der Waals surface area contributed by atoms with Gasteiger partial charge in [0.15, 0.2) is 0 Å². The fraction of sp³-hybridized carbons (Fsp3) is 0.143. The molecule has 2 nitrogen and oxygen atoms in total. The molecule has 94 valence electrons. The van der Waals surface area contributed by atoms with Crippen LogP contribution in [0.2, 0.25) is 0 Å². The first-order valence-electron chi connectivity index (χ1n) is 5.40. The number of halogens is 2. The fourth-order valence-electron chi connectivity index (χ4n) is 1.50. The lowest BCUT2D eigenvalue weighted by Gasteiger charge is -2.10. The first kappa shape index (κ1) is 12.9. The van der Waals surface area contributed by atoms with E-state index >= 15 is 0 Å². The molecular weight excluding hydrogens is 299 g/mol. The van der Waals surface area contributed by atoms with E-state index in [4.69, 9.17) is 9.47 Å². The summed E-state index contributed by atoms with van der Waals surface area (Å²) in [6.07, 6.45) is 0. The fourth-order valence-corrected chi connectivity index (χ4v) is 1.97. The van der Waals surface area contributed by atoms with Gasteiger partial charge >= 0.3 is 0 Å². The molecular formula is C14H12BrFO2. The van der Waals surface area contributed by atoms with E-state index in [1.54, 1.807) is 43.5 Å². The molecule has 0 aliphatic carbocycles. The van der Waals surface area contributed by atoms with Crippen molar-refractivity contribution in [2.45, 2.75) is 6.61 Å². The molecule has 2 rings (SSSR count). The normalized spacial score (nSPS) is 10.2. The van der Waals surface area contributed by atoms with Crippen LogP contribution in [0.25, 0.3) is 0 Å². The van der Waals surface area contributed by atoms with Crippen LogP contribution in [-0.2, 0) is 6.61 Å². The summed E-state index contributed by atoms with van der Waals surface area (Å²) in [7, 11) is 1.60. The summed E-state index contributed by atoms with van der Waals surface area (Å²) < 4.78 is 24.8. The van der Waals surface area contributed by atoms with Gasteiger partial charge in [0.1, 0.15) is 23.9 Å². The average Bonchev–Trinajstić information content (AvgIpc) is 2.39. The van der Waals surface area contributed by atoms with Gasteiger partial charge in [0, 0.05) is 5.56 Å². The van der Waals surface area contributed by atoms with Crippen molar-refractivity contribution >= 4 is 15.9 Å². The molecule has 0 N–H and O–H groups in total. The summed E-state index contributed by atoms with van der Waals surface area (Å²) in [4.78, 5) is 0. The van der Waals surface area contributed by atoms with Crippen molar-refractivity contribution < 1.29 is 13.9 Å². The number of hydrogen-bond donors (Lipinski definition) is 0. The molecule has 0 saturated heterocycles. The van der Waals surface area contributed by atoms with Crippen LogP contribution >= 0.6 is 15.9 Å². The molecule has 2 aromatic carbocycles. The van der Waals surface area contributed by atoms with Gasteiger partial charge in [-0.2, -0.15) is 0 Å². The average molecular weight is 311 g/mol. The largest absolute Gasteiger partial charge is 0.497 e. The Balaban J connectivity index is 2.09. The minimum absolute atomic E-state index is 0.192. The second kappa shape index (κ2) is 5.87. The number of hydrogen-bond acceptors (Lipinski definition) is 2. The van der Waals surface area contributed by atoms with Gasteiger partial charge in [-0.25, -0.2) is 4.39 Å². The standard InChI is InChI=1S/C14H12BrFO2/c1-17-11-6-7-14(12(15)8-11)18-9-10-4-2-3-5-13(10)16/h2-8H,9H2,1H3. The van der Waals surface area contributed by atoms with Crippen molar-refractivity contribution in [3.63, 3.8) is 0 Å². The number of rotatable bonds is 4. The Morgan fingerprint density at radius 1 is 1.17 bits per heavy atom. The predicted octanol–water partition coefficient (Wildman–Crippen LogP) is 4.18. The Labute approximate surface area is 113 Å². The van der Waals surface area contributed by atoms with Gasteiger partial charge in [0.25, 0.3) is 0 Å². The third kappa shape index (κ3) is 3.01. The maximum absolute atomic E-state index is 13.4. The number of methoxy groups -OCH3 is 1. The van der Waals surface area contributed by atoms with Crippen LogP contribution in [0, 0.1) is 5.82 Å². The third-order valence-electron chi connectivity index (χ3n) is 2.48. The first-order valence-corrected chi connectivity index (χ1v) is 6.20. The van der Waals surface area contributed by atoms with E-state index in [1.165, 1.54) is 6.07 Å². The van der Waals surface area contributed by atoms with E-state index in [-0.39, 0.29) is 12.4 Å². The molecule has 0 heterocycles. The van der Waals surface area contributed by atoms with Crippen molar-refractivity contribution in [1.82, 2.24) is 0 Å². The summed E-state index contributed by atoms with van der Waals surface area (Å²) in [5.74, 6) is 1.13. The number of benzene rings is 2. The molecule has 0 unspecified atom stereocenters. The van der Waals surface area contributed by atoms with Crippen molar-refractivity contribution in [3.8, 4) is 11.5 Å². The third-order valence-corrected chi connectivity index (χ3v) is 3.10. The Bertz CT molecular complexity index is 543. The van der Waals surface area contributed by atoms with Gasteiger partial charge in [-0.05, 0) is 40.2 Å². The quantitative estimate of drug-likeness (QED) is 0.843. The molecule has 0 saturated carbocycles. The Hall–Kier alpha value is -1.55. The maximum Gasteiger partial charge on any atom is 0.134 e. The van der Waals surface area contributed by atoms with Gasteiger partial charge in [-0.15, -0.1) is 0 Å². The lowest BCUT2D eigenvalue weighted by atomic mass is 10.2. The summed E-state index contributed by atoms with van der Waals surface area (Å²) >= 11 is 3.38. The minimum Gasteiger partial charge on any atom is -0.497 e.